The molecule has 5 heteroatoms. The van der Waals surface area contributed by atoms with Crippen LogP contribution in [0.2, 0.25) is 10.0 Å². The third-order valence-corrected chi connectivity index (χ3v) is 6.53. The predicted octanol–water partition coefficient (Wildman–Crippen LogP) is 7.13. The third-order valence-electron chi connectivity index (χ3n) is 5.95. The lowest BCUT2D eigenvalue weighted by atomic mass is 9.91. The van der Waals surface area contributed by atoms with Crippen LogP contribution < -0.4 is 5.32 Å². The molecule has 0 heterocycles. The van der Waals surface area contributed by atoms with E-state index in [9.17, 15) is 10.1 Å². The van der Waals surface area contributed by atoms with Crippen LogP contribution in [-0.2, 0) is 4.79 Å². The van der Waals surface area contributed by atoms with Crippen molar-refractivity contribution in [3.63, 3.8) is 0 Å². The van der Waals surface area contributed by atoms with Gasteiger partial charge in [-0.3, -0.25) is 4.79 Å². The molecule has 3 rings (SSSR count). The van der Waals surface area contributed by atoms with E-state index in [4.69, 9.17) is 23.2 Å². The molecule has 1 fully saturated rings. The van der Waals surface area contributed by atoms with E-state index >= 15 is 0 Å². The van der Waals surface area contributed by atoms with E-state index in [1.165, 1.54) is 5.57 Å². The molecule has 0 saturated heterocycles. The second-order valence-electron chi connectivity index (χ2n) is 8.86. The van der Waals surface area contributed by atoms with Crippen molar-refractivity contribution in [1.82, 2.24) is 0 Å². The summed E-state index contributed by atoms with van der Waals surface area (Å²) in [6.07, 6.45) is 2.18. The molecular formula is C25H26Cl2N2O. The molecule has 3 atom stereocenters. The van der Waals surface area contributed by atoms with E-state index < -0.39 is 5.92 Å². The Balaban J connectivity index is 1.85. The van der Waals surface area contributed by atoms with Gasteiger partial charge in [-0.25, -0.2) is 0 Å². The highest BCUT2D eigenvalue weighted by Gasteiger charge is 2.60. The molecule has 1 amide bonds. The Hall–Kier alpha value is -2.28. The first-order valence-corrected chi connectivity index (χ1v) is 10.7. The number of hydrogen-bond donors (Lipinski definition) is 1. The summed E-state index contributed by atoms with van der Waals surface area (Å²) in [7, 11) is 0. The minimum Gasteiger partial charge on any atom is -0.326 e. The van der Waals surface area contributed by atoms with Crippen molar-refractivity contribution in [2.45, 2.75) is 40.5 Å². The number of halogens is 2. The van der Waals surface area contributed by atoms with Crippen molar-refractivity contribution < 1.29 is 4.79 Å². The van der Waals surface area contributed by atoms with Crippen molar-refractivity contribution in [2.24, 2.45) is 17.3 Å². The second-order valence-corrected chi connectivity index (χ2v) is 9.70. The first kappa shape index (κ1) is 22.4. The number of carbonyl (C=O) groups is 1. The maximum absolute atomic E-state index is 12.9. The maximum atomic E-state index is 12.9. The van der Waals surface area contributed by atoms with Gasteiger partial charge < -0.3 is 5.32 Å². The zero-order chi connectivity index (χ0) is 22.2. The van der Waals surface area contributed by atoms with Gasteiger partial charge in [0.15, 0.2) is 0 Å². The van der Waals surface area contributed by atoms with Gasteiger partial charge in [0.05, 0.1) is 17.9 Å². The van der Waals surface area contributed by atoms with Gasteiger partial charge in [-0.1, -0.05) is 66.9 Å². The Morgan fingerprint density at radius 1 is 1.20 bits per heavy atom. The lowest BCUT2D eigenvalue weighted by Gasteiger charge is -2.16. The van der Waals surface area contributed by atoms with Crippen molar-refractivity contribution >= 4 is 34.8 Å². The van der Waals surface area contributed by atoms with Gasteiger partial charge in [0.1, 0.15) is 0 Å². The van der Waals surface area contributed by atoms with Gasteiger partial charge >= 0.3 is 0 Å². The lowest BCUT2D eigenvalue weighted by molar-refractivity contribution is -0.118. The molecule has 1 N–H and O–H groups in total. The SMILES string of the molecule is CC(C)=C[C@H]1[C@@H](C(=O)Nc2cc(Cl)c([C@@H](C#N)c3ccc(Cl)cc3)cc2C)C1(C)C. The highest BCUT2D eigenvalue weighted by molar-refractivity contribution is 6.32. The number of aryl methyl sites for hydroxylation is 1. The Morgan fingerprint density at radius 2 is 1.83 bits per heavy atom. The summed E-state index contributed by atoms with van der Waals surface area (Å²) >= 11 is 12.5. The lowest BCUT2D eigenvalue weighted by Crippen LogP contribution is -2.17. The summed E-state index contributed by atoms with van der Waals surface area (Å²) in [6, 6.07) is 13.1. The number of nitriles is 1. The standard InChI is InChI=1S/C25H26Cl2N2O/c1-14(2)10-20-23(25(20,4)5)24(30)29-22-12-21(27)18(11-15(22)3)19(13-28)16-6-8-17(26)9-7-16/h6-12,19-20,23H,1-5H3,(H,29,30)/t19-,20-,23-/m0/s1. The molecule has 0 unspecified atom stereocenters. The summed E-state index contributed by atoms with van der Waals surface area (Å²) in [5, 5.41) is 13.9. The molecule has 1 aliphatic carbocycles. The van der Waals surface area contributed by atoms with Crippen LogP contribution in [0.25, 0.3) is 0 Å². The van der Waals surface area contributed by atoms with Crippen LogP contribution in [0, 0.1) is 35.5 Å². The summed E-state index contributed by atoms with van der Waals surface area (Å²) in [5.74, 6) is -0.330. The highest BCUT2D eigenvalue weighted by Crippen LogP contribution is 2.59. The van der Waals surface area contributed by atoms with Crippen molar-refractivity contribution in [1.29, 1.82) is 5.26 Å². The van der Waals surface area contributed by atoms with Gasteiger partial charge in [0.2, 0.25) is 5.91 Å². The monoisotopic (exact) mass is 440 g/mol. The Kier molecular flexibility index (Phi) is 6.32. The van der Waals surface area contributed by atoms with Crippen LogP contribution in [0.5, 0.6) is 0 Å². The van der Waals surface area contributed by atoms with E-state index in [1.807, 2.05) is 25.1 Å². The maximum Gasteiger partial charge on any atom is 0.228 e. The molecule has 0 spiro atoms. The predicted molar refractivity (Wildman–Crippen MR) is 124 cm³/mol. The zero-order valence-electron chi connectivity index (χ0n) is 17.9. The summed E-state index contributed by atoms with van der Waals surface area (Å²) in [6.45, 7) is 10.3. The fraction of sp³-hybridized carbons (Fsp3) is 0.360. The number of benzene rings is 2. The zero-order valence-corrected chi connectivity index (χ0v) is 19.4. The molecular weight excluding hydrogens is 415 g/mol. The van der Waals surface area contributed by atoms with Crippen LogP contribution in [0.4, 0.5) is 5.69 Å². The fourth-order valence-electron chi connectivity index (χ4n) is 4.10. The van der Waals surface area contributed by atoms with Gasteiger partial charge in [-0.15, -0.1) is 0 Å². The number of allylic oxidation sites excluding steroid dienone is 2. The molecule has 2 aromatic carbocycles. The van der Waals surface area contributed by atoms with Crippen LogP contribution in [-0.4, -0.2) is 5.91 Å². The van der Waals surface area contributed by atoms with Gasteiger partial charge in [0, 0.05) is 15.7 Å². The molecule has 156 valence electrons. The smallest absolute Gasteiger partial charge is 0.228 e. The van der Waals surface area contributed by atoms with Crippen molar-refractivity contribution in [3.8, 4) is 6.07 Å². The number of nitrogens with zero attached hydrogens (tertiary/aromatic N) is 1. The average Bonchev–Trinajstić information content (AvgIpc) is 3.20. The quantitative estimate of drug-likeness (QED) is 0.502. The summed E-state index contributed by atoms with van der Waals surface area (Å²) < 4.78 is 0. The first-order valence-electron chi connectivity index (χ1n) is 9.97. The minimum atomic E-state index is -0.511. The number of hydrogen-bond acceptors (Lipinski definition) is 2. The first-order chi connectivity index (χ1) is 14.1. The van der Waals surface area contributed by atoms with E-state index in [1.54, 1.807) is 18.2 Å². The van der Waals surface area contributed by atoms with E-state index in [0.717, 1.165) is 11.1 Å². The largest absolute Gasteiger partial charge is 0.326 e. The topological polar surface area (TPSA) is 52.9 Å². The van der Waals surface area contributed by atoms with E-state index in [0.29, 0.717) is 21.3 Å². The molecule has 30 heavy (non-hydrogen) atoms. The number of anilines is 1. The van der Waals surface area contributed by atoms with E-state index in [2.05, 4.69) is 45.2 Å². The second kappa shape index (κ2) is 8.46. The van der Waals surface area contributed by atoms with Crippen LogP contribution in [0.15, 0.2) is 48.0 Å². The van der Waals surface area contributed by atoms with Crippen molar-refractivity contribution in [3.05, 3.63) is 74.8 Å². The Morgan fingerprint density at radius 3 is 2.40 bits per heavy atom. The molecule has 0 bridgehead atoms. The molecule has 0 aliphatic heterocycles. The third kappa shape index (κ3) is 4.41. The number of amides is 1. The van der Waals surface area contributed by atoms with Crippen LogP contribution in [0.1, 0.15) is 50.3 Å². The minimum absolute atomic E-state index is 0.00366. The molecule has 0 radical (unpaired) electrons. The van der Waals surface area contributed by atoms with Crippen LogP contribution >= 0.6 is 23.2 Å². The van der Waals surface area contributed by atoms with Crippen LogP contribution in [0.3, 0.4) is 0 Å². The molecule has 1 saturated carbocycles. The average molecular weight is 441 g/mol. The molecule has 2 aromatic rings. The Bertz CT molecular complexity index is 1040. The molecule has 3 nitrogen and oxygen atoms in total. The summed E-state index contributed by atoms with van der Waals surface area (Å²) in [4.78, 5) is 12.9. The summed E-state index contributed by atoms with van der Waals surface area (Å²) in [5.41, 5.74) is 4.25. The van der Waals surface area contributed by atoms with E-state index in [-0.39, 0.29) is 23.2 Å². The van der Waals surface area contributed by atoms with Gasteiger partial charge in [0.25, 0.3) is 0 Å². The normalized spacial score (nSPS) is 20.1. The van der Waals surface area contributed by atoms with Crippen molar-refractivity contribution in [2.75, 3.05) is 5.32 Å². The fourth-order valence-corrected chi connectivity index (χ4v) is 4.50. The molecule has 0 aromatic heterocycles. The Labute approximate surface area is 188 Å². The highest BCUT2D eigenvalue weighted by atomic mass is 35.5. The van der Waals surface area contributed by atoms with Gasteiger partial charge in [-0.05, 0) is 67.0 Å². The van der Waals surface area contributed by atoms with Gasteiger partial charge in [-0.2, -0.15) is 5.26 Å². The number of rotatable bonds is 5. The number of nitrogens with one attached hydrogen (secondary N) is 1. The number of carbonyl (C=O) groups excluding carboxylic acids is 1. The molecule has 1 aliphatic rings.